The van der Waals surface area contributed by atoms with Gasteiger partial charge in [0.2, 0.25) is 0 Å². The number of hydrogen-bond acceptors (Lipinski definition) is 3. The number of carbonyl (C=O) groups is 1. The summed E-state index contributed by atoms with van der Waals surface area (Å²) < 4.78 is 14.0. The topological polar surface area (TPSA) is 52.6 Å². The number of nitrogens with one attached hydrogen (secondary N) is 1. The highest BCUT2D eigenvalue weighted by Gasteiger charge is 2.25. The second-order valence-corrected chi connectivity index (χ2v) is 8.13. The van der Waals surface area contributed by atoms with Crippen LogP contribution in [-0.4, -0.2) is 29.1 Å². The molecule has 188 valence electrons. The summed E-state index contributed by atoms with van der Waals surface area (Å²) in [5, 5.41) is 8.58. The zero-order valence-electron chi connectivity index (χ0n) is 22.2. The van der Waals surface area contributed by atoms with Crippen molar-refractivity contribution in [3.8, 4) is 0 Å². The normalized spacial score (nSPS) is 14.5. The fourth-order valence-electron chi connectivity index (χ4n) is 3.53. The van der Waals surface area contributed by atoms with Crippen LogP contribution in [0.15, 0.2) is 12.1 Å². The third-order valence-corrected chi connectivity index (χ3v) is 5.52. The van der Waals surface area contributed by atoms with E-state index in [0.717, 1.165) is 12.0 Å². The largest absolute Gasteiger partial charge is 0.299 e. The third kappa shape index (κ3) is 13.2. The van der Waals surface area contributed by atoms with Gasteiger partial charge in [-0.15, -0.1) is 0 Å². The number of benzene rings is 1. The first kappa shape index (κ1) is 32.7. The van der Waals surface area contributed by atoms with E-state index in [4.69, 9.17) is 5.21 Å². The molecular weight excluding hydrogens is 403 g/mol. The second-order valence-electron chi connectivity index (χ2n) is 8.13. The van der Waals surface area contributed by atoms with E-state index in [1.807, 2.05) is 20.9 Å². The molecule has 1 aromatic rings. The van der Waals surface area contributed by atoms with Crippen LogP contribution in [0.2, 0.25) is 0 Å². The molecule has 0 saturated carbocycles. The SMILES string of the molecule is CC.CCC1Cc2c(F)cc(C(=O)NO)cc2CN1C.CCCCC.CCCCCCC. The summed E-state index contributed by atoms with van der Waals surface area (Å²) in [6.45, 7) is 15.6. The van der Waals surface area contributed by atoms with Crippen molar-refractivity contribution in [1.82, 2.24) is 10.4 Å². The summed E-state index contributed by atoms with van der Waals surface area (Å²) in [6.07, 6.45) is 12.7. The first-order chi connectivity index (χ1) is 15.4. The van der Waals surface area contributed by atoms with Crippen molar-refractivity contribution >= 4 is 5.91 Å². The molecule has 1 aliphatic heterocycles. The zero-order valence-corrected chi connectivity index (χ0v) is 22.2. The van der Waals surface area contributed by atoms with Crippen LogP contribution in [0, 0.1) is 5.82 Å². The molecule has 32 heavy (non-hydrogen) atoms. The van der Waals surface area contributed by atoms with Crippen LogP contribution in [0.25, 0.3) is 0 Å². The Morgan fingerprint density at radius 1 is 1.00 bits per heavy atom. The number of halogens is 1. The smallest absolute Gasteiger partial charge is 0.274 e. The van der Waals surface area contributed by atoms with Crippen molar-refractivity contribution in [3.05, 3.63) is 34.6 Å². The molecular formula is C27H51FN2O2. The lowest BCUT2D eigenvalue weighted by Gasteiger charge is -2.33. The van der Waals surface area contributed by atoms with Crippen LogP contribution in [0.1, 0.15) is 128 Å². The number of amides is 1. The van der Waals surface area contributed by atoms with E-state index < -0.39 is 5.91 Å². The minimum atomic E-state index is -0.683. The lowest BCUT2D eigenvalue weighted by Crippen LogP contribution is -2.37. The molecule has 1 heterocycles. The summed E-state index contributed by atoms with van der Waals surface area (Å²) in [7, 11) is 1.99. The first-order valence-corrected chi connectivity index (χ1v) is 12.9. The maximum Gasteiger partial charge on any atom is 0.274 e. The maximum absolute atomic E-state index is 14.0. The predicted molar refractivity (Wildman–Crippen MR) is 136 cm³/mol. The fourth-order valence-corrected chi connectivity index (χ4v) is 3.53. The Morgan fingerprint density at radius 2 is 1.53 bits per heavy atom. The van der Waals surface area contributed by atoms with Crippen LogP contribution >= 0.6 is 0 Å². The quantitative estimate of drug-likeness (QED) is 0.238. The standard InChI is InChI=1S/C13H17FN2O2.C7H16.C5H12.C2H6/c1-3-10-6-11-9(7-16(10)2)4-8(5-12(11)14)13(17)15-18;1-3-5-7-6-4-2;1-3-5-4-2;1-2/h4-5,10,18H,3,6-7H2,1-2H3,(H,15,17);3-7H2,1-2H3;3-5H2,1-2H3;1-2H3. The zero-order chi connectivity index (χ0) is 24.9. The summed E-state index contributed by atoms with van der Waals surface area (Å²) in [4.78, 5) is 13.5. The summed E-state index contributed by atoms with van der Waals surface area (Å²) in [6, 6.07) is 3.17. The number of hydroxylamine groups is 1. The first-order valence-electron chi connectivity index (χ1n) is 12.9. The molecule has 0 spiro atoms. The van der Waals surface area contributed by atoms with Crippen molar-refractivity contribution in [2.45, 2.75) is 125 Å². The van der Waals surface area contributed by atoms with Gasteiger partial charge in [-0.05, 0) is 43.1 Å². The number of fused-ring (bicyclic) bond motifs is 1. The molecule has 2 N–H and O–H groups in total. The van der Waals surface area contributed by atoms with E-state index in [0.29, 0.717) is 24.6 Å². The van der Waals surface area contributed by atoms with Gasteiger partial charge in [0, 0.05) is 18.2 Å². The van der Waals surface area contributed by atoms with Gasteiger partial charge in [0.1, 0.15) is 5.82 Å². The van der Waals surface area contributed by atoms with Gasteiger partial charge in [-0.3, -0.25) is 14.9 Å². The Balaban J connectivity index is 0. The summed E-state index contributed by atoms with van der Waals surface area (Å²) >= 11 is 0. The van der Waals surface area contributed by atoms with Gasteiger partial charge < -0.3 is 0 Å². The molecule has 4 nitrogen and oxygen atoms in total. The van der Waals surface area contributed by atoms with Crippen LogP contribution in [0.4, 0.5) is 4.39 Å². The van der Waals surface area contributed by atoms with Crippen LogP contribution < -0.4 is 5.48 Å². The molecule has 0 fully saturated rings. The summed E-state index contributed by atoms with van der Waals surface area (Å²) in [5.74, 6) is -1.05. The predicted octanol–water partition coefficient (Wildman–Crippen LogP) is 7.91. The number of nitrogens with zero attached hydrogens (tertiary/aromatic N) is 1. The maximum atomic E-state index is 14.0. The Kier molecular flexibility index (Phi) is 21.9. The van der Waals surface area contributed by atoms with E-state index in [1.54, 1.807) is 6.07 Å². The van der Waals surface area contributed by atoms with Crippen molar-refractivity contribution in [2.24, 2.45) is 0 Å². The van der Waals surface area contributed by atoms with Crippen LogP contribution in [0.5, 0.6) is 0 Å². The molecule has 0 bridgehead atoms. The number of unbranched alkanes of at least 4 members (excludes halogenated alkanes) is 6. The van der Waals surface area contributed by atoms with Crippen molar-refractivity contribution in [2.75, 3.05) is 7.05 Å². The van der Waals surface area contributed by atoms with Gasteiger partial charge >= 0.3 is 0 Å². The monoisotopic (exact) mass is 454 g/mol. The molecule has 1 aliphatic rings. The highest BCUT2D eigenvalue weighted by atomic mass is 19.1. The molecule has 1 aromatic carbocycles. The van der Waals surface area contributed by atoms with E-state index >= 15 is 0 Å². The van der Waals surface area contributed by atoms with Crippen LogP contribution in [0.3, 0.4) is 0 Å². The molecule has 0 saturated heterocycles. The van der Waals surface area contributed by atoms with Gasteiger partial charge in [-0.1, -0.05) is 99.8 Å². The molecule has 2 rings (SSSR count). The van der Waals surface area contributed by atoms with E-state index in [9.17, 15) is 9.18 Å². The number of carbonyl (C=O) groups excluding carboxylic acids is 1. The Morgan fingerprint density at radius 3 is 1.94 bits per heavy atom. The minimum Gasteiger partial charge on any atom is -0.299 e. The van der Waals surface area contributed by atoms with Gasteiger partial charge in [-0.25, -0.2) is 9.87 Å². The molecule has 0 radical (unpaired) electrons. The second kappa shape index (κ2) is 21.4. The Hall–Kier alpha value is -1.46. The number of rotatable bonds is 8. The number of likely N-dealkylation sites (N-methyl/N-ethyl adjacent to an activating group) is 1. The van der Waals surface area contributed by atoms with Crippen molar-refractivity contribution in [3.63, 3.8) is 0 Å². The molecule has 1 unspecified atom stereocenters. The average molecular weight is 455 g/mol. The molecule has 1 amide bonds. The highest BCUT2D eigenvalue weighted by molar-refractivity contribution is 5.93. The lowest BCUT2D eigenvalue weighted by atomic mass is 9.91. The van der Waals surface area contributed by atoms with Crippen molar-refractivity contribution < 1.29 is 14.4 Å². The van der Waals surface area contributed by atoms with Crippen LogP contribution in [-0.2, 0) is 13.0 Å². The number of hydrogen-bond donors (Lipinski definition) is 2. The Bertz CT molecular complexity index is 587. The van der Waals surface area contributed by atoms with Gasteiger partial charge in [-0.2, -0.15) is 0 Å². The van der Waals surface area contributed by atoms with E-state index in [-0.39, 0.29) is 11.4 Å². The van der Waals surface area contributed by atoms with Gasteiger partial charge in [0.25, 0.3) is 5.91 Å². The fraction of sp³-hybridized carbons (Fsp3) is 0.741. The lowest BCUT2D eigenvalue weighted by molar-refractivity contribution is 0.0705. The highest BCUT2D eigenvalue weighted by Crippen LogP contribution is 2.27. The molecule has 1 atom stereocenters. The molecule has 0 aromatic heterocycles. The van der Waals surface area contributed by atoms with Crippen molar-refractivity contribution in [1.29, 1.82) is 0 Å². The van der Waals surface area contributed by atoms with E-state index in [2.05, 4.69) is 39.5 Å². The van der Waals surface area contributed by atoms with E-state index in [1.165, 1.54) is 62.9 Å². The Labute approximate surface area is 197 Å². The minimum absolute atomic E-state index is 0.150. The third-order valence-electron chi connectivity index (χ3n) is 5.52. The molecule has 5 heteroatoms. The summed E-state index contributed by atoms with van der Waals surface area (Å²) in [5.41, 5.74) is 3.19. The molecule has 0 aliphatic carbocycles. The van der Waals surface area contributed by atoms with Gasteiger partial charge in [0.05, 0.1) is 0 Å². The van der Waals surface area contributed by atoms with Gasteiger partial charge in [0.15, 0.2) is 0 Å². The average Bonchev–Trinajstić information content (AvgIpc) is 2.81.